The molecule has 1 atom stereocenters. The predicted molar refractivity (Wildman–Crippen MR) is 88.4 cm³/mol. The number of hydrogen-bond donors (Lipinski definition) is 1. The van der Waals surface area contributed by atoms with Crippen molar-refractivity contribution in [1.29, 1.82) is 0 Å². The van der Waals surface area contributed by atoms with Crippen molar-refractivity contribution >= 4 is 0 Å². The molecule has 1 aromatic carbocycles. The fourth-order valence-electron chi connectivity index (χ4n) is 3.27. The highest BCUT2D eigenvalue weighted by molar-refractivity contribution is 5.69. The molecule has 1 fully saturated rings. The highest BCUT2D eigenvalue weighted by atomic mass is 19.4. The summed E-state index contributed by atoms with van der Waals surface area (Å²) in [5.74, 6) is -0.190. The van der Waals surface area contributed by atoms with Crippen molar-refractivity contribution in [2.45, 2.75) is 19.1 Å². The first-order valence-electron chi connectivity index (χ1n) is 8.04. The first kappa shape index (κ1) is 17.5. The molecule has 0 unspecified atom stereocenters. The van der Waals surface area contributed by atoms with Crippen molar-refractivity contribution in [1.82, 2.24) is 9.47 Å². The number of rotatable bonds is 3. The highest BCUT2D eigenvalue weighted by Gasteiger charge is 2.31. The molecule has 2 heterocycles. The minimum Gasteiger partial charge on any atom is -0.507 e. The van der Waals surface area contributed by atoms with E-state index in [0.29, 0.717) is 18.5 Å². The number of aromatic nitrogens is 1. The van der Waals surface area contributed by atoms with Crippen molar-refractivity contribution < 1.29 is 18.3 Å². The van der Waals surface area contributed by atoms with E-state index in [9.17, 15) is 23.1 Å². The molecule has 134 valence electrons. The molecule has 4 nitrogen and oxygen atoms in total. The highest BCUT2D eigenvalue weighted by Crippen LogP contribution is 2.35. The van der Waals surface area contributed by atoms with Gasteiger partial charge in [-0.25, -0.2) is 0 Å². The summed E-state index contributed by atoms with van der Waals surface area (Å²) in [6, 6.07) is 5.85. The Labute approximate surface area is 143 Å². The molecule has 0 aliphatic carbocycles. The SMILES string of the molecule is CN1CC[C@H](Cn2cccc(-c3ccc(C(F)(F)F)cc3O)c2=O)C1. The molecule has 1 aromatic heterocycles. The number of likely N-dealkylation sites (tertiary alicyclic amines) is 1. The summed E-state index contributed by atoms with van der Waals surface area (Å²) in [5, 5.41) is 9.99. The topological polar surface area (TPSA) is 45.5 Å². The Morgan fingerprint density at radius 1 is 1.24 bits per heavy atom. The zero-order valence-corrected chi connectivity index (χ0v) is 13.8. The molecular weight excluding hydrogens is 333 g/mol. The Kier molecular flexibility index (Phi) is 4.60. The van der Waals surface area contributed by atoms with Crippen LogP contribution in [0.25, 0.3) is 11.1 Å². The van der Waals surface area contributed by atoms with Crippen molar-refractivity contribution in [2.75, 3.05) is 20.1 Å². The molecule has 0 amide bonds. The summed E-state index contributed by atoms with van der Waals surface area (Å²) >= 11 is 0. The average Bonchev–Trinajstić information content (AvgIpc) is 2.94. The average molecular weight is 352 g/mol. The van der Waals surface area contributed by atoms with Gasteiger partial charge in [0.2, 0.25) is 0 Å². The number of halogens is 3. The van der Waals surface area contributed by atoms with Crippen LogP contribution in [-0.2, 0) is 12.7 Å². The summed E-state index contributed by atoms with van der Waals surface area (Å²) < 4.78 is 39.7. The second kappa shape index (κ2) is 6.55. The third kappa shape index (κ3) is 3.71. The van der Waals surface area contributed by atoms with Gasteiger partial charge in [0.05, 0.1) is 11.1 Å². The lowest BCUT2D eigenvalue weighted by atomic mass is 10.0. The van der Waals surface area contributed by atoms with Crippen molar-refractivity contribution in [2.24, 2.45) is 5.92 Å². The Morgan fingerprint density at radius 3 is 2.60 bits per heavy atom. The summed E-state index contributed by atoms with van der Waals surface area (Å²) in [7, 11) is 2.03. The van der Waals surface area contributed by atoms with Crippen LogP contribution in [0.4, 0.5) is 13.2 Å². The van der Waals surface area contributed by atoms with Gasteiger partial charge in [0.15, 0.2) is 0 Å². The van der Waals surface area contributed by atoms with Gasteiger partial charge < -0.3 is 14.6 Å². The van der Waals surface area contributed by atoms with E-state index in [2.05, 4.69) is 4.90 Å². The van der Waals surface area contributed by atoms with Gasteiger partial charge in [-0.05, 0) is 56.3 Å². The second-order valence-electron chi connectivity index (χ2n) is 6.53. The zero-order chi connectivity index (χ0) is 18.2. The van der Waals surface area contributed by atoms with E-state index < -0.39 is 17.5 Å². The standard InChI is InChI=1S/C18H19F3N2O2/c1-22-8-6-12(10-22)11-23-7-2-3-15(17(23)25)14-5-4-13(9-16(14)24)18(19,20)21/h2-5,7,9,12,24H,6,8,10-11H2,1H3/t12-/m0/s1. The minimum absolute atomic E-state index is 0.107. The van der Waals surface area contributed by atoms with Crippen LogP contribution in [0.15, 0.2) is 41.3 Å². The van der Waals surface area contributed by atoms with Gasteiger partial charge in [0, 0.05) is 24.8 Å². The number of phenols is 1. The molecule has 1 saturated heterocycles. The van der Waals surface area contributed by atoms with Crippen molar-refractivity contribution in [3.05, 3.63) is 52.4 Å². The minimum atomic E-state index is -4.54. The summed E-state index contributed by atoms with van der Waals surface area (Å²) in [4.78, 5) is 14.9. The molecule has 2 aromatic rings. The first-order valence-corrected chi connectivity index (χ1v) is 8.04. The lowest BCUT2D eigenvalue weighted by molar-refractivity contribution is -0.137. The van der Waals surface area contributed by atoms with Crippen LogP contribution in [0.1, 0.15) is 12.0 Å². The van der Waals surface area contributed by atoms with Crippen LogP contribution in [0.3, 0.4) is 0 Å². The monoisotopic (exact) mass is 352 g/mol. The third-order valence-electron chi connectivity index (χ3n) is 4.58. The largest absolute Gasteiger partial charge is 0.507 e. The lowest BCUT2D eigenvalue weighted by Gasteiger charge is -2.14. The molecule has 7 heteroatoms. The molecule has 3 rings (SSSR count). The first-order chi connectivity index (χ1) is 11.8. The number of phenolic OH excluding ortho intramolecular Hbond substituents is 1. The summed E-state index contributed by atoms with van der Waals surface area (Å²) in [6.45, 7) is 2.44. The Hall–Kier alpha value is -2.28. The predicted octanol–water partition coefficient (Wildman–Crippen LogP) is 3.19. The van der Waals surface area contributed by atoms with Crippen molar-refractivity contribution in [3.8, 4) is 16.9 Å². The molecule has 1 aliphatic heterocycles. The van der Waals surface area contributed by atoms with E-state index in [1.165, 1.54) is 6.07 Å². The van der Waals surface area contributed by atoms with Gasteiger partial charge in [0.1, 0.15) is 5.75 Å². The molecule has 0 spiro atoms. The Bertz CT molecular complexity index is 830. The Balaban J connectivity index is 1.93. The second-order valence-corrected chi connectivity index (χ2v) is 6.53. The van der Waals surface area contributed by atoms with Gasteiger partial charge in [-0.2, -0.15) is 13.2 Å². The van der Waals surface area contributed by atoms with E-state index in [1.54, 1.807) is 16.8 Å². The molecule has 0 bridgehead atoms. The number of nitrogens with zero attached hydrogens (tertiary/aromatic N) is 2. The fraction of sp³-hybridized carbons (Fsp3) is 0.389. The number of aromatic hydroxyl groups is 1. The van der Waals surface area contributed by atoms with Gasteiger partial charge >= 0.3 is 6.18 Å². The maximum atomic E-state index is 12.7. The quantitative estimate of drug-likeness (QED) is 0.923. The fourth-order valence-corrected chi connectivity index (χ4v) is 3.27. The lowest BCUT2D eigenvalue weighted by Crippen LogP contribution is -2.26. The van der Waals surface area contributed by atoms with Gasteiger partial charge in [-0.1, -0.05) is 0 Å². The molecule has 0 saturated carbocycles. The molecule has 0 radical (unpaired) electrons. The van der Waals surface area contributed by atoms with Crippen LogP contribution >= 0.6 is 0 Å². The maximum Gasteiger partial charge on any atom is 0.416 e. The van der Waals surface area contributed by atoms with E-state index >= 15 is 0 Å². The smallest absolute Gasteiger partial charge is 0.416 e. The molecule has 1 N–H and O–H groups in total. The molecule has 1 aliphatic rings. The maximum absolute atomic E-state index is 12.7. The van der Waals surface area contributed by atoms with E-state index in [4.69, 9.17) is 0 Å². The van der Waals surface area contributed by atoms with E-state index in [0.717, 1.165) is 31.6 Å². The number of hydrogen-bond acceptors (Lipinski definition) is 3. The van der Waals surface area contributed by atoms with E-state index in [1.807, 2.05) is 7.05 Å². The van der Waals surface area contributed by atoms with E-state index in [-0.39, 0.29) is 16.7 Å². The van der Waals surface area contributed by atoms with Crippen LogP contribution in [0.2, 0.25) is 0 Å². The molecule has 25 heavy (non-hydrogen) atoms. The number of alkyl halides is 3. The van der Waals surface area contributed by atoms with Crippen LogP contribution < -0.4 is 5.56 Å². The van der Waals surface area contributed by atoms with Crippen molar-refractivity contribution in [3.63, 3.8) is 0 Å². The number of pyridine rings is 1. The normalized spacial score (nSPS) is 18.6. The Morgan fingerprint density at radius 2 is 2.00 bits per heavy atom. The van der Waals surface area contributed by atoms with Crippen LogP contribution in [0.5, 0.6) is 5.75 Å². The summed E-state index contributed by atoms with van der Waals surface area (Å²) in [5.41, 5.74) is -0.956. The third-order valence-corrected chi connectivity index (χ3v) is 4.58. The zero-order valence-electron chi connectivity index (χ0n) is 13.8. The summed E-state index contributed by atoms with van der Waals surface area (Å²) in [6.07, 6.45) is -1.87. The van der Waals surface area contributed by atoms with Gasteiger partial charge in [-0.15, -0.1) is 0 Å². The van der Waals surface area contributed by atoms with Gasteiger partial charge in [0.25, 0.3) is 5.56 Å². The van der Waals surface area contributed by atoms with Crippen LogP contribution in [-0.4, -0.2) is 34.7 Å². The molecular formula is C18H19F3N2O2. The number of benzene rings is 1. The van der Waals surface area contributed by atoms with Gasteiger partial charge in [-0.3, -0.25) is 4.79 Å². The van der Waals surface area contributed by atoms with Crippen LogP contribution in [0, 0.1) is 5.92 Å².